The molecule has 194 valence electrons. The first-order valence-electron chi connectivity index (χ1n) is 12.4. The molecule has 0 spiro atoms. The largest absolute Gasteiger partial charge is 0.478 e. The standard InChI is InChI=1S/C29H38N2O5/c1-3-5-6-7-8-9-10-11-12-13-14-15-16-17-18-19-22-36-27(4-2)28(32)30-24-20-21-26(31-35)25(23-24)29(33)34/h5-6,8-9,11-12,14-15,17-18,20-21,23,27H,3-4,7,10,13,16,19,22H2,1-2H3,(H,30,32)(H,33,34)/b6-5-,9-8-,12-11-,15-14-,18-17-. The molecule has 0 saturated carbocycles. The molecule has 0 aromatic heterocycles. The van der Waals surface area contributed by atoms with Crippen molar-refractivity contribution in [3.8, 4) is 0 Å². The zero-order chi connectivity index (χ0) is 26.4. The summed E-state index contributed by atoms with van der Waals surface area (Å²) in [6.07, 6.45) is 26.6. The van der Waals surface area contributed by atoms with Gasteiger partial charge in [0.1, 0.15) is 11.8 Å². The third-order valence-electron chi connectivity index (χ3n) is 5.02. The molecule has 7 nitrogen and oxygen atoms in total. The fourth-order valence-corrected chi connectivity index (χ4v) is 3.11. The third kappa shape index (κ3) is 13.3. The topological polar surface area (TPSA) is 105 Å². The van der Waals surface area contributed by atoms with E-state index in [1.54, 1.807) is 0 Å². The van der Waals surface area contributed by atoms with Gasteiger partial charge in [-0.1, -0.05) is 74.6 Å². The summed E-state index contributed by atoms with van der Waals surface area (Å²) in [6.45, 7) is 4.36. The van der Waals surface area contributed by atoms with Gasteiger partial charge >= 0.3 is 5.97 Å². The molecule has 0 saturated heterocycles. The number of anilines is 1. The van der Waals surface area contributed by atoms with Crippen molar-refractivity contribution in [2.24, 2.45) is 5.18 Å². The van der Waals surface area contributed by atoms with Crippen LogP contribution in [-0.2, 0) is 9.53 Å². The number of allylic oxidation sites excluding steroid dienone is 9. The van der Waals surface area contributed by atoms with E-state index in [4.69, 9.17) is 4.74 Å². The molecule has 1 aromatic rings. The van der Waals surface area contributed by atoms with Gasteiger partial charge in [-0.25, -0.2) is 4.79 Å². The second kappa shape index (κ2) is 19.7. The highest BCUT2D eigenvalue weighted by atomic mass is 16.5. The van der Waals surface area contributed by atoms with Crippen LogP contribution in [0.25, 0.3) is 0 Å². The number of carboxylic acids is 1. The summed E-state index contributed by atoms with van der Waals surface area (Å²) in [7, 11) is 0. The average molecular weight is 495 g/mol. The van der Waals surface area contributed by atoms with E-state index < -0.39 is 12.1 Å². The summed E-state index contributed by atoms with van der Waals surface area (Å²) >= 11 is 0. The lowest BCUT2D eigenvalue weighted by molar-refractivity contribution is -0.127. The Labute approximate surface area is 214 Å². The van der Waals surface area contributed by atoms with Crippen LogP contribution in [0.2, 0.25) is 0 Å². The van der Waals surface area contributed by atoms with Crippen LogP contribution < -0.4 is 5.32 Å². The lowest BCUT2D eigenvalue weighted by Crippen LogP contribution is -2.30. The molecule has 1 rings (SSSR count). The Morgan fingerprint density at radius 2 is 1.47 bits per heavy atom. The van der Waals surface area contributed by atoms with Gasteiger partial charge in [-0.2, -0.15) is 0 Å². The highest BCUT2D eigenvalue weighted by molar-refractivity contribution is 5.98. The van der Waals surface area contributed by atoms with E-state index in [1.165, 1.54) is 18.2 Å². The summed E-state index contributed by atoms with van der Waals surface area (Å²) in [4.78, 5) is 34.4. The molecule has 0 fully saturated rings. The molecule has 1 atom stereocenters. The third-order valence-corrected chi connectivity index (χ3v) is 5.02. The number of nitrogens with one attached hydrogen (secondary N) is 1. The number of amides is 1. The van der Waals surface area contributed by atoms with Crippen molar-refractivity contribution in [3.63, 3.8) is 0 Å². The van der Waals surface area contributed by atoms with Gasteiger partial charge in [-0.15, -0.1) is 4.91 Å². The lowest BCUT2D eigenvalue weighted by Gasteiger charge is -2.16. The van der Waals surface area contributed by atoms with E-state index in [1.807, 2.05) is 13.0 Å². The summed E-state index contributed by atoms with van der Waals surface area (Å²) in [5.41, 5.74) is -0.194. The number of hydrogen-bond acceptors (Lipinski definition) is 5. The quantitative estimate of drug-likeness (QED) is 0.124. The van der Waals surface area contributed by atoms with Crippen LogP contribution >= 0.6 is 0 Å². The second-order valence-corrected chi connectivity index (χ2v) is 7.88. The number of ether oxygens (including phenoxy) is 1. The fraction of sp³-hybridized carbons (Fsp3) is 0.379. The Bertz CT molecular complexity index is 960. The summed E-state index contributed by atoms with van der Waals surface area (Å²) in [5, 5.41) is 14.5. The molecule has 1 unspecified atom stereocenters. The van der Waals surface area contributed by atoms with Crippen molar-refractivity contribution in [2.75, 3.05) is 11.9 Å². The number of hydrogen-bond donors (Lipinski definition) is 2. The summed E-state index contributed by atoms with van der Waals surface area (Å²) in [6, 6.07) is 3.90. The zero-order valence-electron chi connectivity index (χ0n) is 21.3. The number of carboxylic acid groups (broad SMARTS) is 1. The van der Waals surface area contributed by atoms with Crippen LogP contribution in [0.4, 0.5) is 11.4 Å². The average Bonchev–Trinajstić information content (AvgIpc) is 2.87. The number of benzene rings is 1. The molecule has 0 radical (unpaired) electrons. The maximum atomic E-state index is 12.5. The highest BCUT2D eigenvalue weighted by Gasteiger charge is 2.18. The number of nitroso groups, excluding NO2 is 1. The molecule has 2 N–H and O–H groups in total. The van der Waals surface area contributed by atoms with E-state index in [9.17, 15) is 19.6 Å². The van der Waals surface area contributed by atoms with Gasteiger partial charge in [-0.05, 0) is 68.3 Å². The van der Waals surface area contributed by atoms with Crippen LogP contribution in [0, 0.1) is 4.91 Å². The predicted molar refractivity (Wildman–Crippen MR) is 147 cm³/mol. The SMILES string of the molecule is CC/C=C\C/C=C\C/C=C\C/C=C\C/C=C\CCOC(CC)C(=O)Nc1ccc(N=O)c(C(=O)O)c1. The van der Waals surface area contributed by atoms with Crippen molar-refractivity contribution in [1.82, 2.24) is 0 Å². The predicted octanol–water partition coefficient (Wildman–Crippen LogP) is 7.66. The number of carbonyl (C=O) groups is 2. The molecule has 0 aliphatic carbocycles. The minimum atomic E-state index is -1.29. The van der Waals surface area contributed by atoms with Crippen LogP contribution in [0.3, 0.4) is 0 Å². The Morgan fingerprint density at radius 1 is 0.917 bits per heavy atom. The Kier molecular flexibility index (Phi) is 16.7. The summed E-state index contributed by atoms with van der Waals surface area (Å²) in [5.74, 6) is -1.66. The van der Waals surface area contributed by atoms with E-state index >= 15 is 0 Å². The monoisotopic (exact) mass is 494 g/mol. The van der Waals surface area contributed by atoms with Crippen LogP contribution in [0.1, 0.15) is 69.2 Å². The van der Waals surface area contributed by atoms with E-state index in [-0.39, 0.29) is 22.8 Å². The maximum Gasteiger partial charge on any atom is 0.338 e. The molecule has 0 aliphatic heterocycles. The van der Waals surface area contributed by atoms with Crippen LogP contribution in [-0.4, -0.2) is 29.7 Å². The zero-order valence-corrected chi connectivity index (χ0v) is 21.3. The molecule has 7 heteroatoms. The molecular formula is C29H38N2O5. The van der Waals surface area contributed by atoms with E-state index in [2.05, 4.69) is 72.1 Å². The second-order valence-electron chi connectivity index (χ2n) is 7.88. The van der Waals surface area contributed by atoms with Crippen molar-refractivity contribution >= 4 is 23.3 Å². The lowest BCUT2D eigenvalue weighted by atomic mass is 10.1. The van der Waals surface area contributed by atoms with Gasteiger partial charge in [0, 0.05) is 5.69 Å². The summed E-state index contributed by atoms with van der Waals surface area (Å²) < 4.78 is 5.68. The normalized spacial score (nSPS) is 12.9. The van der Waals surface area contributed by atoms with Gasteiger partial charge in [0.15, 0.2) is 0 Å². The number of carbonyl (C=O) groups excluding carboxylic acids is 1. The number of rotatable bonds is 18. The van der Waals surface area contributed by atoms with Gasteiger partial charge in [-0.3, -0.25) is 4.79 Å². The van der Waals surface area contributed by atoms with Crippen molar-refractivity contribution in [2.45, 2.75) is 64.9 Å². The minimum absolute atomic E-state index is 0.194. The molecule has 1 aromatic carbocycles. The first-order valence-corrected chi connectivity index (χ1v) is 12.4. The number of aromatic carboxylic acids is 1. The molecule has 0 aliphatic rings. The minimum Gasteiger partial charge on any atom is -0.478 e. The highest BCUT2D eigenvalue weighted by Crippen LogP contribution is 2.23. The van der Waals surface area contributed by atoms with Crippen LogP contribution in [0.5, 0.6) is 0 Å². The smallest absolute Gasteiger partial charge is 0.338 e. The molecule has 0 bridgehead atoms. The molecular weight excluding hydrogens is 456 g/mol. The molecule has 36 heavy (non-hydrogen) atoms. The van der Waals surface area contributed by atoms with Gasteiger partial charge in [0.05, 0.1) is 12.2 Å². The first-order chi connectivity index (χ1) is 17.5. The van der Waals surface area contributed by atoms with Crippen molar-refractivity contribution < 1.29 is 19.4 Å². The Morgan fingerprint density at radius 3 is 1.97 bits per heavy atom. The van der Waals surface area contributed by atoms with E-state index in [0.717, 1.165) is 32.1 Å². The first kappa shape index (κ1) is 30.5. The maximum absolute atomic E-state index is 12.5. The molecule has 1 amide bonds. The Hall–Kier alpha value is -3.58. The van der Waals surface area contributed by atoms with Gasteiger partial charge in [0.2, 0.25) is 0 Å². The van der Waals surface area contributed by atoms with E-state index in [0.29, 0.717) is 19.4 Å². The van der Waals surface area contributed by atoms with Crippen LogP contribution in [0.15, 0.2) is 84.1 Å². The number of nitrogens with zero attached hydrogens (tertiary/aromatic N) is 1. The van der Waals surface area contributed by atoms with Crippen molar-refractivity contribution in [1.29, 1.82) is 0 Å². The Balaban J connectivity index is 2.27. The van der Waals surface area contributed by atoms with Crippen molar-refractivity contribution in [3.05, 3.63) is 89.4 Å². The van der Waals surface area contributed by atoms with Gasteiger partial charge < -0.3 is 15.2 Å². The van der Waals surface area contributed by atoms with Gasteiger partial charge in [0.25, 0.3) is 5.91 Å². The fourth-order valence-electron chi connectivity index (χ4n) is 3.11. The molecule has 0 heterocycles.